The Morgan fingerprint density at radius 2 is 1.50 bits per heavy atom. The number of Topliss-reactive ketones (excluding diaryl/α,β-unsaturated/α-hetero) is 1. The predicted octanol–water partition coefficient (Wildman–Crippen LogP) is 4.55. The van der Waals surface area contributed by atoms with Crippen molar-refractivity contribution < 1.29 is 9.22 Å². The van der Waals surface area contributed by atoms with Crippen molar-refractivity contribution in [3.63, 3.8) is 0 Å². The van der Waals surface area contributed by atoms with Crippen molar-refractivity contribution in [3.8, 4) is 0 Å². The molecule has 0 saturated heterocycles. The highest BCUT2D eigenvalue weighted by molar-refractivity contribution is 6.77. The van der Waals surface area contributed by atoms with Crippen molar-refractivity contribution in [1.82, 2.24) is 0 Å². The van der Waals surface area contributed by atoms with Gasteiger partial charge in [-0.3, -0.25) is 4.79 Å². The molecule has 3 heteroatoms. The first-order valence-electron chi connectivity index (χ1n) is 7.46. The zero-order chi connectivity index (χ0) is 13.9. The fraction of sp³-hybridized carbons (Fsp3) is 0.933. The number of carbonyl (C=O) groups is 1. The summed E-state index contributed by atoms with van der Waals surface area (Å²) >= 11 is 0. The summed E-state index contributed by atoms with van der Waals surface area (Å²) in [5.74, 6) is 1.04. The van der Waals surface area contributed by atoms with E-state index in [-0.39, 0.29) is 0 Å². The van der Waals surface area contributed by atoms with Crippen molar-refractivity contribution in [3.05, 3.63) is 0 Å². The summed E-state index contributed by atoms with van der Waals surface area (Å²) in [6.45, 7) is 14.8. The van der Waals surface area contributed by atoms with Gasteiger partial charge >= 0.3 is 0 Å². The summed E-state index contributed by atoms with van der Waals surface area (Å²) in [6, 6.07) is 0. The van der Waals surface area contributed by atoms with Gasteiger partial charge in [-0.2, -0.15) is 0 Å². The topological polar surface area (TPSA) is 26.3 Å². The van der Waals surface area contributed by atoms with Gasteiger partial charge in [0.15, 0.2) is 8.32 Å². The van der Waals surface area contributed by atoms with Crippen LogP contribution in [0.1, 0.15) is 60.8 Å². The molecule has 1 rings (SSSR count). The van der Waals surface area contributed by atoms with Gasteiger partial charge in [0.1, 0.15) is 5.78 Å². The van der Waals surface area contributed by atoms with Crippen LogP contribution in [0.4, 0.5) is 0 Å². The van der Waals surface area contributed by atoms with Crippen molar-refractivity contribution in [2.45, 2.75) is 77.4 Å². The highest BCUT2D eigenvalue weighted by Gasteiger charge is 2.45. The molecule has 0 unspecified atom stereocenters. The van der Waals surface area contributed by atoms with E-state index < -0.39 is 8.32 Å². The Kier molecular flexibility index (Phi) is 5.59. The second-order valence-corrected chi connectivity index (χ2v) is 12.2. The quantitative estimate of drug-likeness (QED) is 0.634. The average Bonchev–Trinajstić information content (AvgIpc) is 2.19. The van der Waals surface area contributed by atoms with Crippen LogP contribution in [0.15, 0.2) is 0 Å². The third-order valence-corrected chi connectivity index (χ3v) is 10.7. The number of hydrogen-bond acceptors (Lipinski definition) is 2. The Morgan fingerprint density at radius 1 is 1.06 bits per heavy atom. The molecule has 0 N–H and O–H groups in total. The van der Waals surface area contributed by atoms with Gasteiger partial charge in [0, 0.05) is 19.4 Å². The van der Waals surface area contributed by atoms with E-state index in [1.54, 1.807) is 0 Å². The molecule has 1 aliphatic carbocycles. The van der Waals surface area contributed by atoms with Crippen molar-refractivity contribution in [2.24, 2.45) is 5.92 Å². The molecular formula is C15H30O2Si. The Labute approximate surface area is 114 Å². The molecule has 0 aliphatic heterocycles. The zero-order valence-electron chi connectivity index (χ0n) is 13.0. The molecular weight excluding hydrogens is 240 g/mol. The molecule has 0 spiro atoms. The van der Waals surface area contributed by atoms with E-state index in [2.05, 4.69) is 41.5 Å². The Hall–Kier alpha value is -0.153. The van der Waals surface area contributed by atoms with Crippen LogP contribution in [-0.4, -0.2) is 20.7 Å². The van der Waals surface area contributed by atoms with Crippen LogP contribution in [0.25, 0.3) is 0 Å². The number of rotatable bonds is 7. The van der Waals surface area contributed by atoms with Crippen molar-refractivity contribution >= 4 is 14.1 Å². The summed E-state index contributed by atoms with van der Waals surface area (Å²) in [5.41, 5.74) is 1.96. The van der Waals surface area contributed by atoms with E-state index in [9.17, 15) is 4.79 Å². The van der Waals surface area contributed by atoms with Gasteiger partial charge in [-0.1, -0.05) is 41.5 Å². The molecule has 0 heterocycles. The molecule has 1 fully saturated rings. The van der Waals surface area contributed by atoms with Crippen molar-refractivity contribution in [2.75, 3.05) is 6.61 Å². The first kappa shape index (κ1) is 15.9. The maximum Gasteiger partial charge on any atom is 0.200 e. The summed E-state index contributed by atoms with van der Waals surface area (Å²) in [6.07, 6.45) is 2.67. The van der Waals surface area contributed by atoms with E-state index in [1.807, 2.05) is 0 Å². The molecule has 0 amide bonds. The van der Waals surface area contributed by atoms with Gasteiger partial charge in [-0.05, 0) is 29.0 Å². The third kappa shape index (κ3) is 3.24. The minimum absolute atomic E-state index is 0.431. The average molecular weight is 270 g/mol. The lowest BCUT2D eigenvalue weighted by Gasteiger charge is -2.42. The fourth-order valence-corrected chi connectivity index (χ4v) is 9.16. The molecule has 2 nitrogen and oxygen atoms in total. The van der Waals surface area contributed by atoms with Gasteiger partial charge < -0.3 is 4.43 Å². The van der Waals surface area contributed by atoms with Crippen molar-refractivity contribution in [1.29, 1.82) is 0 Å². The molecule has 0 bridgehead atoms. The van der Waals surface area contributed by atoms with Crippen LogP contribution >= 0.6 is 0 Å². The van der Waals surface area contributed by atoms with Gasteiger partial charge in [0.2, 0.25) is 0 Å². The van der Waals surface area contributed by atoms with E-state index >= 15 is 0 Å². The molecule has 18 heavy (non-hydrogen) atoms. The first-order chi connectivity index (χ1) is 8.30. The van der Waals surface area contributed by atoms with Crippen LogP contribution < -0.4 is 0 Å². The highest BCUT2D eigenvalue weighted by Crippen LogP contribution is 2.42. The van der Waals surface area contributed by atoms with E-state index in [1.165, 1.54) is 0 Å². The highest BCUT2D eigenvalue weighted by atomic mass is 28.4. The monoisotopic (exact) mass is 270 g/mol. The third-order valence-electron chi connectivity index (χ3n) is 4.62. The largest absolute Gasteiger partial charge is 0.416 e. The molecule has 0 radical (unpaired) electrons. The molecule has 0 atom stereocenters. The van der Waals surface area contributed by atoms with Crippen LogP contribution in [0.3, 0.4) is 0 Å². The Morgan fingerprint density at radius 3 is 1.83 bits per heavy atom. The summed E-state index contributed by atoms with van der Waals surface area (Å²) < 4.78 is 6.48. The smallest absolute Gasteiger partial charge is 0.200 e. The van der Waals surface area contributed by atoms with Crippen LogP contribution in [0.2, 0.25) is 16.6 Å². The Balaban J connectivity index is 2.53. The second kappa shape index (κ2) is 6.33. The zero-order valence-corrected chi connectivity index (χ0v) is 14.0. The van der Waals surface area contributed by atoms with Gasteiger partial charge in [0.05, 0.1) is 0 Å². The summed E-state index contributed by atoms with van der Waals surface area (Å²) in [4.78, 5) is 11.0. The standard InChI is InChI=1S/C15H30O2Si/c1-11(2)18(12(3)4,13(5)6)17-8-7-14-9-15(16)10-14/h11-14H,7-10H2,1-6H3. The van der Waals surface area contributed by atoms with E-state index in [0.717, 1.165) is 25.9 Å². The minimum atomic E-state index is -1.69. The van der Waals surface area contributed by atoms with Crippen LogP contribution in [0, 0.1) is 5.92 Å². The number of hydrogen-bond donors (Lipinski definition) is 0. The van der Waals surface area contributed by atoms with Gasteiger partial charge in [-0.25, -0.2) is 0 Å². The van der Waals surface area contributed by atoms with E-state index in [4.69, 9.17) is 4.43 Å². The lowest BCUT2D eigenvalue weighted by molar-refractivity contribution is -0.127. The molecule has 0 aromatic carbocycles. The van der Waals surface area contributed by atoms with Crippen LogP contribution in [0.5, 0.6) is 0 Å². The van der Waals surface area contributed by atoms with Gasteiger partial charge in [0.25, 0.3) is 0 Å². The van der Waals surface area contributed by atoms with Gasteiger partial charge in [-0.15, -0.1) is 0 Å². The summed E-state index contributed by atoms with van der Waals surface area (Å²) in [5, 5.41) is 0. The first-order valence-corrected chi connectivity index (χ1v) is 9.60. The lowest BCUT2D eigenvalue weighted by Crippen LogP contribution is -2.48. The molecule has 0 aromatic rings. The lowest BCUT2D eigenvalue weighted by atomic mass is 9.82. The Bertz CT molecular complexity index is 254. The SMILES string of the molecule is CC(C)[Si](OCCC1CC(=O)C1)(C(C)C)C(C)C. The maximum atomic E-state index is 11.0. The minimum Gasteiger partial charge on any atom is -0.416 e. The predicted molar refractivity (Wildman–Crippen MR) is 79.3 cm³/mol. The number of ketones is 1. The maximum absolute atomic E-state index is 11.0. The normalized spacial score (nSPS) is 17.9. The van der Waals surface area contributed by atoms with Crippen LogP contribution in [-0.2, 0) is 9.22 Å². The fourth-order valence-electron chi connectivity index (χ4n) is 3.69. The molecule has 106 valence electrons. The molecule has 0 aromatic heterocycles. The van der Waals surface area contributed by atoms with E-state index in [0.29, 0.717) is 28.3 Å². The molecule has 1 aliphatic rings. The number of carbonyl (C=O) groups excluding carboxylic acids is 1. The second-order valence-electron chi connectivity index (χ2n) is 6.77. The summed E-state index contributed by atoms with van der Waals surface area (Å²) in [7, 11) is -1.69. The molecule has 1 saturated carbocycles.